The summed E-state index contributed by atoms with van der Waals surface area (Å²) in [5.41, 5.74) is 0.764. The van der Waals surface area contributed by atoms with Gasteiger partial charge in [-0.2, -0.15) is 5.26 Å². The predicted octanol–water partition coefficient (Wildman–Crippen LogP) is 1.49. The first-order valence-corrected chi connectivity index (χ1v) is 12.9. The Labute approximate surface area is 216 Å². The molecule has 2 fully saturated rings. The molecule has 3 aliphatic heterocycles. The average Bonchev–Trinajstić information content (AvgIpc) is 2.90. The Hall–Kier alpha value is -3.30. The highest BCUT2D eigenvalue weighted by molar-refractivity contribution is 6.47. The normalized spacial score (nSPS) is 20.3. The highest BCUT2D eigenvalue weighted by atomic mass is 16.7. The van der Waals surface area contributed by atoms with Crippen LogP contribution in [0, 0.1) is 17.2 Å². The third kappa shape index (κ3) is 7.14. The van der Waals surface area contributed by atoms with Gasteiger partial charge in [-0.15, -0.1) is 0 Å². The van der Waals surface area contributed by atoms with Crippen LogP contribution in [0.25, 0.3) is 0 Å². The predicted molar refractivity (Wildman–Crippen MR) is 132 cm³/mol. The van der Waals surface area contributed by atoms with E-state index in [0.717, 1.165) is 45.2 Å². The van der Waals surface area contributed by atoms with E-state index in [-0.39, 0.29) is 29.6 Å². The molecule has 0 saturated carbocycles. The van der Waals surface area contributed by atoms with Gasteiger partial charge >= 0.3 is 19.2 Å². The quantitative estimate of drug-likeness (QED) is 0.241. The smallest absolute Gasteiger partial charge is 0.534 e. The average molecular weight is 512 g/mol. The number of benzene rings is 1. The molecule has 0 unspecified atom stereocenters. The second-order valence-electron chi connectivity index (χ2n) is 9.77. The van der Waals surface area contributed by atoms with Crippen molar-refractivity contribution in [2.75, 3.05) is 39.5 Å². The van der Waals surface area contributed by atoms with Crippen LogP contribution in [0.1, 0.15) is 54.4 Å². The fraction of sp³-hybridized carbons (Fsp3) is 0.600. The molecule has 0 aliphatic carbocycles. The first-order valence-electron chi connectivity index (χ1n) is 12.9. The van der Waals surface area contributed by atoms with Crippen molar-refractivity contribution >= 4 is 25.1 Å². The van der Waals surface area contributed by atoms with Crippen molar-refractivity contribution in [3.05, 3.63) is 29.3 Å². The second-order valence-corrected chi connectivity index (χ2v) is 9.77. The minimum atomic E-state index is -1.33. The Balaban J connectivity index is 1.27. The van der Waals surface area contributed by atoms with E-state index < -0.39 is 31.9 Å². The number of fused-ring (bicyclic) bond motifs is 1. The van der Waals surface area contributed by atoms with Crippen LogP contribution >= 0.6 is 0 Å². The maximum atomic E-state index is 12.6. The van der Waals surface area contributed by atoms with E-state index >= 15 is 0 Å². The molecule has 0 spiro atoms. The van der Waals surface area contributed by atoms with Crippen LogP contribution in [-0.2, 0) is 20.7 Å². The van der Waals surface area contributed by atoms with E-state index in [4.69, 9.17) is 19.4 Å². The minimum absolute atomic E-state index is 0.111. The van der Waals surface area contributed by atoms with Gasteiger partial charge in [0, 0.05) is 19.5 Å². The molecule has 1 aromatic carbocycles. The van der Waals surface area contributed by atoms with Gasteiger partial charge in [-0.05, 0) is 69.2 Å². The number of esters is 1. The first-order chi connectivity index (χ1) is 17.9. The fourth-order valence-corrected chi connectivity index (χ4v) is 5.06. The van der Waals surface area contributed by atoms with E-state index in [0.29, 0.717) is 31.6 Å². The Kier molecular flexibility index (Phi) is 9.25. The SMILES string of the molecule is N#CCN1CCC(CC(=O)N[C@H]2Cc3cccc(C(=O)OCOC(=O)N4CCCCC4)c3OB2O)CC1. The monoisotopic (exact) mass is 512 g/mol. The number of likely N-dealkylation sites (tertiary alicyclic amines) is 2. The van der Waals surface area contributed by atoms with Crippen LogP contribution in [0.15, 0.2) is 18.2 Å². The molecule has 2 N–H and O–H groups in total. The summed E-state index contributed by atoms with van der Waals surface area (Å²) in [7, 11) is -1.33. The number of hydrogen-bond acceptors (Lipinski definition) is 9. The molecule has 0 aromatic heterocycles. The van der Waals surface area contributed by atoms with Crippen LogP contribution in [-0.4, -0.2) is 85.4 Å². The van der Waals surface area contributed by atoms with E-state index in [1.165, 1.54) is 6.07 Å². The number of carbonyl (C=O) groups excluding carboxylic acids is 3. The van der Waals surface area contributed by atoms with Crippen molar-refractivity contribution in [3.63, 3.8) is 0 Å². The van der Waals surface area contributed by atoms with Crippen LogP contribution in [0.3, 0.4) is 0 Å². The Morgan fingerprint density at radius 2 is 1.89 bits per heavy atom. The lowest BCUT2D eigenvalue weighted by Crippen LogP contribution is -2.53. The largest absolute Gasteiger partial charge is 0.547 e. The Morgan fingerprint density at radius 1 is 1.14 bits per heavy atom. The molecule has 3 aliphatic rings. The fourth-order valence-electron chi connectivity index (χ4n) is 5.06. The minimum Gasteiger partial charge on any atom is -0.534 e. The zero-order valence-corrected chi connectivity index (χ0v) is 20.9. The summed E-state index contributed by atoms with van der Waals surface area (Å²) < 4.78 is 15.8. The molecule has 0 bridgehead atoms. The number of nitriles is 1. The van der Waals surface area contributed by atoms with Crippen LogP contribution in [0.5, 0.6) is 5.75 Å². The number of para-hydroxylation sites is 1. The summed E-state index contributed by atoms with van der Waals surface area (Å²) in [6, 6.07) is 7.10. The lowest BCUT2D eigenvalue weighted by atomic mass is 9.72. The van der Waals surface area contributed by atoms with E-state index in [9.17, 15) is 19.4 Å². The van der Waals surface area contributed by atoms with Crippen molar-refractivity contribution in [1.82, 2.24) is 15.1 Å². The standard InChI is InChI=1S/C25H33BN4O7/c27-9-14-29-12-7-18(8-13-29)15-22(31)28-21-16-19-5-4-6-20(23(19)37-26(21)34)24(32)35-17-36-25(33)30-10-2-1-3-11-30/h4-6,18,21,34H,1-3,7-8,10-17H2,(H,28,31)/t21-/m0/s1. The number of nitrogens with zero attached hydrogens (tertiary/aromatic N) is 3. The molecule has 37 heavy (non-hydrogen) atoms. The van der Waals surface area contributed by atoms with E-state index in [1.807, 2.05) is 0 Å². The van der Waals surface area contributed by atoms with E-state index in [1.54, 1.807) is 17.0 Å². The first kappa shape index (κ1) is 26.8. The second kappa shape index (κ2) is 12.8. The molecule has 4 rings (SSSR count). The van der Waals surface area contributed by atoms with Crippen molar-refractivity contribution in [2.24, 2.45) is 5.92 Å². The Morgan fingerprint density at radius 3 is 2.62 bits per heavy atom. The van der Waals surface area contributed by atoms with Gasteiger partial charge in [-0.3, -0.25) is 9.69 Å². The third-order valence-electron chi connectivity index (χ3n) is 7.15. The lowest BCUT2D eigenvalue weighted by Gasteiger charge is -2.31. The molecule has 0 radical (unpaired) electrons. The van der Waals surface area contributed by atoms with Crippen LogP contribution < -0.4 is 9.97 Å². The third-order valence-corrected chi connectivity index (χ3v) is 7.15. The lowest BCUT2D eigenvalue weighted by molar-refractivity contribution is -0.122. The van der Waals surface area contributed by atoms with Gasteiger partial charge in [0.05, 0.1) is 18.6 Å². The maximum Gasteiger partial charge on any atom is 0.547 e. The topological polar surface area (TPSA) is 141 Å². The summed E-state index contributed by atoms with van der Waals surface area (Å²) in [4.78, 5) is 41.0. The summed E-state index contributed by atoms with van der Waals surface area (Å²) in [5.74, 6) is -1.14. The van der Waals surface area contributed by atoms with Crippen molar-refractivity contribution in [2.45, 2.75) is 50.9 Å². The molecule has 2 amide bonds. The molecule has 12 heteroatoms. The number of carbonyl (C=O) groups is 3. The number of piperidine rings is 2. The molecule has 3 heterocycles. The summed E-state index contributed by atoms with van der Waals surface area (Å²) in [6.07, 6.45) is 4.75. The number of ether oxygens (including phenoxy) is 2. The van der Waals surface area contributed by atoms with Crippen molar-refractivity contribution < 1.29 is 33.5 Å². The molecular weight excluding hydrogens is 479 g/mol. The highest BCUT2D eigenvalue weighted by Crippen LogP contribution is 2.31. The van der Waals surface area contributed by atoms with Gasteiger partial charge in [-0.25, -0.2) is 9.59 Å². The van der Waals surface area contributed by atoms with Crippen LogP contribution in [0.4, 0.5) is 4.79 Å². The van der Waals surface area contributed by atoms with Gasteiger partial charge in [0.15, 0.2) is 0 Å². The molecular formula is C25H33BN4O7. The molecule has 198 valence electrons. The molecule has 1 aromatic rings. The van der Waals surface area contributed by atoms with Gasteiger partial charge in [0.25, 0.3) is 0 Å². The maximum absolute atomic E-state index is 12.6. The highest BCUT2D eigenvalue weighted by Gasteiger charge is 2.38. The number of rotatable bonds is 7. The molecule has 2 saturated heterocycles. The van der Waals surface area contributed by atoms with E-state index in [2.05, 4.69) is 16.3 Å². The zero-order chi connectivity index (χ0) is 26.2. The van der Waals surface area contributed by atoms with Gasteiger partial charge in [-0.1, -0.05) is 12.1 Å². The van der Waals surface area contributed by atoms with Gasteiger partial charge in [0.1, 0.15) is 11.3 Å². The van der Waals surface area contributed by atoms with Gasteiger partial charge in [0.2, 0.25) is 12.7 Å². The number of nitrogens with one attached hydrogen (secondary N) is 1. The number of amides is 2. The van der Waals surface area contributed by atoms with Crippen molar-refractivity contribution in [1.29, 1.82) is 5.26 Å². The summed E-state index contributed by atoms with van der Waals surface area (Å²) in [5, 5.41) is 22.2. The molecule has 1 atom stereocenters. The van der Waals surface area contributed by atoms with Gasteiger partial charge < -0.3 is 29.4 Å². The van der Waals surface area contributed by atoms with Crippen molar-refractivity contribution in [3.8, 4) is 11.8 Å². The summed E-state index contributed by atoms with van der Waals surface area (Å²) in [6.45, 7) is 2.74. The molecule has 11 nitrogen and oxygen atoms in total. The Bertz CT molecular complexity index is 1020. The number of hydrogen-bond donors (Lipinski definition) is 2. The summed E-state index contributed by atoms with van der Waals surface area (Å²) >= 11 is 0. The van der Waals surface area contributed by atoms with Crippen LogP contribution in [0.2, 0.25) is 0 Å². The zero-order valence-electron chi connectivity index (χ0n) is 20.9.